The van der Waals surface area contributed by atoms with E-state index in [0.29, 0.717) is 12.5 Å². The Bertz CT molecular complexity index is 497. The molecule has 0 amide bonds. The smallest absolute Gasteiger partial charge is 0.0639 e. The number of nitrogen functional groups attached to an aromatic ring is 1. The van der Waals surface area contributed by atoms with E-state index in [4.69, 9.17) is 22.9 Å². The summed E-state index contributed by atoms with van der Waals surface area (Å²) in [6.07, 6.45) is 4.86. The van der Waals surface area contributed by atoms with Crippen LogP contribution in [0.1, 0.15) is 36.8 Å². The third-order valence-electron chi connectivity index (χ3n) is 5.24. The van der Waals surface area contributed by atoms with Gasteiger partial charge in [0.2, 0.25) is 0 Å². The molecule has 2 unspecified atom stereocenters. The fourth-order valence-corrected chi connectivity index (χ4v) is 4.16. The van der Waals surface area contributed by atoms with Gasteiger partial charge in [0.1, 0.15) is 0 Å². The lowest BCUT2D eigenvalue weighted by atomic mass is 9.55. The SMILES string of the molecule is NCC12CCC(N)(N)CC1CCc1cc(N)ccc12. The Labute approximate surface area is 114 Å². The van der Waals surface area contributed by atoms with Crippen LogP contribution in [0.5, 0.6) is 0 Å². The number of fused-ring (bicyclic) bond motifs is 3. The molecule has 0 saturated heterocycles. The van der Waals surface area contributed by atoms with Crippen molar-refractivity contribution in [1.82, 2.24) is 0 Å². The van der Waals surface area contributed by atoms with E-state index in [9.17, 15) is 0 Å². The molecular formula is C15H24N4. The molecule has 0 heterocycles. The molecule has 1 saturated carbocycles. The normalized spacial score (nSPS) is 32.5. The molecule has 0 aliphatic heterocycles. The molecule has 104 valence electrons. The molecule has 0 bridgehead atoms. The van der Waals surface area contributed by atoms with Gasteiger partial charge in [0, 0.05) is 17.6 Å². The van der Waals surface area contributed by atoms with E-state index in [1.54, 1.807) is 0 Å². The van der Waals surface area contributed by atoms with Crippen molar-refractivity contribution in [1.29, 1.82) is 0 Å². The maximum atomic E-state index is 6.18. The maximum Gasteiger partial charge on any atom is 0.0639 e. The standard InChI is InChI=1S/C15H24N4/c16-9-14-5-6-15(18,19)8-11(14)2-1-10-7-12(17)3-4-13(10)14/h3-4,7,11H,1-2,5-6,8-9,16-19H2. The fourth-order valence-electron chi connectivity index (χ4n) is 4.16. The summed E-state index contributed by atoms with van der Waals surface area (Å²) in [6.45, 7) is 0.671. The zero-order valence-corrected chi connectivity index (χ0v) is 11.4. The predicted molar refractivity (Wildman–Crippen MR) is 78.4 cm³/mol. The van der Waals surface area contributed by atoms with E-state index >= 15 is 0 Å². The van der Waals surface area contributed by atoms with E-state index < -0.39 is 5.66 Å². The highest BCUT2D eigenvalue weighted by molar-refractivity contribution is 5.49. The van der Waals surface area contributed by atoms with Crippen LogP contribution in [-0.2, 0) is 11.8 Å². The van der Waals surface area contributed by atoms with Gasteiger partial charge in [-0.3, -0.25) is 0 Å². The Morgan fingerprint density at radius 1 is 1.21 bits per heavy atom. The van der Waals surface area contributed by atoms with Crippen LogP contribution in [0.15, 0.2) is 18.2 Å². The zero-order valence-electron chi connectivity index (χ0n) is 11.4. The van der Waals surface area contributed by atoms with Gasteiger partial charge in [-0.15, -0.1) is 0 Å². The molecule has 3 rings (SSSR count). The van der Waals surface area contributed by atoms with Gasteiger partial charge in [0.15, 0.2) is 0 Å². The van der Waals surface area contributed by atoms with Crippen molar-refractivity contribution >= 4 is 5.69 Å². The first-order valence-electron chi connectivity index (χ1n) is 7.14. The predicted octanol–water partition coefficient (Wildman–Crippen LogP) is 0.825. The van der Waals surface area contributed by atoms with Gasteiger partial charge in [0.05, 0.1) is 5.66 Å². The average molecular weight is 260 g/mol. The summed E-state index contributed by atoms with van der Waals surface area (Å²) in [5, 5.41) is 0. The molecule has 1 fully saturated rings. The van der Waals surface area contributed by atoms with Crippen molar-refractivity contribution in [2.24, 2.45) is 23.1 Å². The molecule has 4 heteroatoms. The van der Waals surface area contributed by atoms with E-state index in [0.717, 1.165) is 37.8 Å². The first-order chi connectivity index (χ1) is 8.97. The van der Waals surface area contributed by atoms with E-state index in [1.165, 1.54) is 11.1 Å². The Balaban J connectivity index is 2.06. The van der Waals surface area contributed by atoms with E-state index in [1.807, 2.05) is 6.07 Å². The third-order valence-corrected chi connectivity index (χ3v) is 5.24. The maximum absolute atomic E-state index is 6.18. The van der Waals surface area contributed by atoms with Crippen molar-refractivity contribution in [3.63, 3.8) is 0 Å². The largest absolute Gasteiger partial charge is 0.399 e. The average Bonchev–Trinajstić information content (AvgIpc) is 2.37. The molecular weight excluding hydrogens is 236 g/mol. The van der Waals surface area contributed by atoms with Crippen molar-refractivity contribution in [2.75, 3.05) is 12.3 Å². The summed E-state index contributed by atoms with van der Waals surface area (Å²) in [5.74, 6) is 0.498. The van der Waals surface area contributed by atoms with Gasteiger partial charge < -0.3 is 22.9 Å². The molecule has 1 aromatic rings. The van der Waals surface area contributed by atoms with Crippen LogP contribution in [0.4, 0.5) is 5.69 Å². The molecule has 19 heavy (non-hydrogen) atoms. The second-order valence-corrected chi connectivity index (χ2v) is 6.45. The molecule has 1 aromatic carbocycles. The molecule has 0 aromatic heterocycles. The summed E-state index contributed by atoms with van der Waals surface area (Å²) in [7, 11) is 0. The lowest BCUT2D eigenvalue weighted by Crippen LogP contribution is -2.60. The summed E-state index contributed by atoms with van der Waals surface area (Å²) in [4.78, 5) is 0. The first kappa shape index (κ1) is 12.9. The number of anilines is 1. The second kappa shape index (κ2) is 4.20. The monoisotopic (exact) mass is 260 g/mol. The van der Waals surface area contributed by atoms with Crippen LogP contribution in [-0.4, -0.2) is 12.2 Å². The molecule has 4 nitrogen and oxygen atoms in total. The molecule has 2 aliphatic carbocycles. The van der Waals surface area contributed by atoms with Crippen LogP contribution < -0.4 is 22.9 Å². The third kappa shape index (κ3) is 1.95. The lowest BCUT2D eigenvalue weighted by Gasteiger charge is -2.52. The van der Waals surface area contributed by atoms with Gasteiger partial charge in [-0.1, -0.05) is 6.07 Å². The van der Waals surface area contributed by atoms with Crippen molar-refractivity contribution < 1.29 is 0 Å². The number of rotatable bonds is 1. The Morgan fingerprint density at radius 3 is 2.74 bits per heavy atom. The number of hydrogen-bond acceptors (Lipinski definition) is 4. The minimum atomic E-state index is -0.519. The van der Waals surface area contributed by atoms with Gasteiger partial charge in [-0.05, 0) is 61.3 Å². The highest BCUT2D eigenvalue weighted by Gasteiger charge is 2.49. The van der Waals surface area contributed by atoms with Crippen molar-refractivity contribution in [3.8, 4) is 0 Å². The van der Waals surface area contributed by atoms with Crippen molar-refractivity contribution in [3.05, 3.63) is 29.3 Å². The minimum absolute atomic E-state index is 0.0591. The highest BCUT2D eigenvalue weighted by atomic mass is 15.0. The molecule has 0 radical (unpaired) electrons. The first-order valence-corrected chi connectivity index (χ1v) is 7.14. The minimum Gasteiger partial charge on any atom is -0.399 e. The number of nitrogens with two attached hydrogens (primary N) is 4. The summed E-state index contributed by atoms with van der Waals surface area (Å²) in [6, 6.07) is 6.27. The van der Waals surface area contributed by atoms with Crippen molar-refractivity contribution in [2.45, 2.75) is 43.2 Å². The number of benzene rings is 1. The Morgan fingerprint density at radius 2 is 2.00 bits per heavy atom. The molecule has 0 spiro atoms. The topological polar surface area (TPSA) is 104 Å². The summed E-state index contributed by atoms with van der Waals surface area (Å²) < 4.78 is 0. The Hall–Kier alpha value is -1.10. The van der Waals surface area contributed by atoms with E-state index in [2.05, 4.69) is 12.1 Å². The van der Waals surface area contributed by atoms with Gasteiger partial charge in [0.25, 0.3) is 0 Å². The molecule has 2 atom stereocenters. The van der Waals surface area contributed by atoms with Gasteiger partial charge in [-0.2, -0.15) is 0 Å². The van der Waals surface area contributed by atoms with Crippen LogP contribution >= 0.6 is 0 Å². The molecule has 8 N–H and O–H groups in total. The summed E-state index contributed by atoms with van der Waals surface area (Å²) in [5.41, 5.74) is 27.5. The second-order valence-electron chi connectivity index (χ2n) is 6.45. The lowest BCUT2D eigenvalue weighted by molar-refractivity contribution is 0.107. The fraction of sp³-hybridized carbons (Fsp3) is 0.600. The Kier molecular flexibility index (Phi) is 2.85. The van der Waals surface area contributed by atoms with Gasteiger partial charge in [-0.25, -0.2) is 0 Å². The summed E-state index contributed by atoms with van der Waals surface area (Å²) >= 11 is 0. The van der Waals surface area contributed by atoms with Crippen LogP contribution in [0, 0.1) is 5.92 Å². The van der Waals surface area contributed by atoms with Crippen LogP contribution in [0.3, 0.4) is 0 Å². The number of hydrogen-bond donors (Lipinski definition) is 4. The van der Waals surface area contributed by atoms with Crippen LogP contribution in [0.2, 0.25) is 0 Å². The zero-order chi connectivity index (χ0) is 13.7. The number of aryl methyl sites for hydroxylation is 1. The van der Waals surface area contributed by atoms with Crippen LogP contribution in [0.25, 0.3) is 0 Å². The highest BCUT2D eigenvalue weighted by Crippen LogP contribution is 2.50. The van der Waals surface area contributed by atoms with E-state index in [-0.39, 0.29) is 5.41 Å². The van der Waals surface area contributed by atoms with Gasteiger partial charge >= 0.3 is 0 Å². The quantitative estimate of drug-likeness (QED) is 0.443. The molecule has 2 aliphatic rings.